The van der Waals surface area contributed by atoms with E-state index in [0.717, 1.165) is 16.4 Å². The van der Waals surface area contributed by atoms with E-state index in [2.05, 4.69) is 74.5 Å². The molecule has 0 unspecified atom stereocenters. The summed E-state index contributed by atoms with van der Waals surface area (Å²) in [5, 5.41) is 2.26. The van der Waals surface area contributed by atoms with Crippen LogP contribution >= 0.6 is 0 Å². The molecular formula is C25H34O4Si2. The zero-order valence-electron chi connectivity index (χ0n) is 19.4. The first-order valence-corrected chi connectivity index (χ1v) is 13.9. The fraction of sp³-hybridized carbons (Fsp3) is 0.280. The summed E-state index contributed by atoms with van der Waals surface area (Å²) in [7, 11) is 2.93. The minimum Gasteiger partial charge on any atom is -0.400 e. The van der Waals surface area contributed by atoms with Gasteiger partial charge in [-0.3, -0.25) is 0 Å². The predicted molar refractivity (Wildman–Crippen MR) is 133 cm³/mol. The molecule has 3 rings (SSSR count). The lowest BCUT2D eigenvalue weighted by Crippen LogP contribution is -2.62. The van der Waals surface area contributed by atoms with Crippen LogP contribution in [-0.2, 0) is 23.7 Å². The van der Waals surface area contributed by atoms with Crippen LogP contribution in [0.5, 0.6) is 0 Å². The summed E-state index contributed by atoms with van der Waals surface area (Å²) in [6.07, 6.45) is 0. The van der Waals surface area contributed by atoms with Crippen molar-refractivity contribution in [2.45, 2.75) is 19.9 Å². The molecule has 166 valence electrons. The molecule has 0 heterocycles. The molecule has 3 aromatic carbocycles. The van der Waals surface area contributed by atoms with Crippen LogP contribution in [-0.4, -0.2) is 46.3 Å². The van der Waals surface area contributed by atoms with Crippen LogP contribution in [0.15, 0.2) is 78.9 Å². The van der Waals surface area contributed by atoms with Crippen molar-refractivity contribution >= 4 is 28.2 Å². The lowest BCUT2D eigenvalue weighted by atomic mass is 10.2. The average molecular weight is 455 g/mol. The Morgan fingerprint density at radius 2 is 1.03 bits per heavy atom. The van der Waals surface area contributed by atoms with E-state index in [-0.39, 0.29) is 0 Å². The summed E-state index contributed by atoms with van der Waals surface area (Å²) in [6, 6.07) is 28.0. The SMILES string of the molecule is CO[SiH](Cc1ccccc1)OC.CO[Si](OC)(c1ccc(C)cc1)c1ccc(C)cc1. The molecule has 0 spiro atoms. The predicted octanol–water partition coefficient (Wildman–Crippen LogP) is 3.43. The minimum atomic E-state index is -2.54. The Labute approximate surface area is 189 Å². The zero-order valence-corrected chi connectivity index (χ0v) is 21.6. The van der Waals surface area contributed by atoms with Gasteiger partial charge in [0.05, 0.1) is 0 Å². The highest BCUT2D eigenvalue weighted by molar-refractivity contribution is 6.92. The molecule has 0 atom stereocenters. The Morgan fingerprint density at radius 1 is 0.613 bits per heavy atom. The molecule has 0 fully saturated rings. The van der Waals surface area contributed by atoms with E-state index in [0.29, 0.717) is 0 Å². The number of benzene rings is 3. The molecule has 0 amide bonds. The van der Waals surface area contributed by atoms with Gasteiger partial charge in [-0.05, 0) is 29.8 Å². The average Bonchev–Trinajstić information content (AvgIpc) is 2.82. The van der Waals surface area contributed by atoms with Gasteiger partial charge in [0.2, 0.25) is 0 Å². The van der Waals surface area contributed by atoms with Crippen molar-refractivity contribution < 1.29 is 17.7 Å². The first-order valence-electron chi connectivity index (χ1n) is 10.3. The summed E-state index contributed by atoms with van der Waals surface area (Å²) >= 11 is 0. The summed E-state index contributed by atoms with van der Waals surface area (Å²) in [5.41, 5.74) is 3.77. The largest absolute Gasteiger partial charge is 0.406 e. The summed E-state index contributed by atoms with van der Waals surface area (Å²) < 4.78 is 22.2. The lowest BCUT2D eigenvalue weighted by Gasteiger charge is -2.28. The molecule has 0 aliphatic carbocycles. The lowest BCUT2D eigenvalue weighted by molar-refractivity contribution is 0.272. The summed E-state index contributed by atoms with van der Waals surface area (Å²) in [6.45, 7) is 4.16. The van der Waals surface area contributed by atoms with Gasteiger partial charge in [-0.15, -0.1) is 0 Å². The maximum atomic E-state index is 5.86. The molecule has 6 heteroatoms. The molecule has 0 saturated carbocycles. The first kappa shape index (κ1) is 25.2. The Hall–Kier alpha value is -2.07. The summed E-state index contributed by atoms with van der Waals surface area (Å²) in [4.78, 5) is 0. The Balaban J connectivity index is 0.000000245. The van der Waals surface area contributed by atoms with Crippen LogP contribution in [0.2, 0.25) is 0 Å². The van der Waals surface area contributed by atoms with Crippen LogP contribution in [0.1, 0.15) is 16.7 Å². The quantitative estimate of drug-likeness (QED) is 0.489. The topological polar surface area (TPSA) is 36.9 Å². The van der Waals surface area contributed by atoms with Gasteiger partial charge in [-0.2, -0.15) is 0 Å². The van der Waals surface area contributed by atoms with Gasteiger partial charge in [0.15, 0.2) is 0 Å². The molecule has 0 aliphatic heterocycles. The second kappa shape index (κ2) is 12.7. The number of aryl methyl sites for hydroxylation is 2. The van der Waals surface area contributed by atoms with E-state index in [9.17, 15) is 0 Å². The highest BCUT2D eigenvalue weighted by atomic mass is 28.4. The van der Waals surface area contributed by atoms with Gasteiger partial charge in [0.25, 0.3) is 0 Å². The molecule has 0 aliphatic rings. The van der Waals surface area contributed by atoms with Crippen LogP contribution in [0.25, 0.3) is 0 Å². The second-order valence-electron chi connectivity index (χ2n) is 7.35. The highest BCUT2D eigenvalue weighted by Crippen LogP contribution is 2.09. The molecule has 31 heavy (non-hydrogen) atoms. The smallest absolute Gasteiger partial charge is 0.400 e. The fourth-order valence-corrected chi connectivity index (χ4v) is 7.17. The minimum absolute atomic E-state index is 0.938. The molecule has 4 nitrogen and oxygen atoms in total. The van der Waals surface area contributed by atoms with Gasteiger partial charge in [0, 0.05) is 34.5 Å². The Morgan fingerprint density at radius 3 is 1.39 bits per heavy atom. The molecule has 0 N–H and O–H groups in total. The molecule has 0 saturated heterocycles. The van der Waals surface area contributed by atoms with E-state index >= 15 is 0 Å². The van der Waals surface area contributed by atoms with E-state index in [1.165, 1.54) is 16.7 Å². The van der Waals surface area contributed by atoms with E-state index < -0.39 is 17.8 Å². The maximum absolute atomic E-state index is 5.86. The number of hydrogen-bond donors (Lipinski definition) is 0. The van der Waals surface area contributed by atoms with Crippen molar-refractivity contribution in [3.63, 3.8) is 0 Å². The third kappa shape index (κ3) is 6.97. The Bertz CT molecular complexity index is 828. The molecule has 0 aromatic heterocycles. The van der Waals surface area contributed by atoms with Crippen molar-refractivity contribution in [1.82, 2.24) is 0 Å². The van der Waals surface area contributed by atoms with Gasteiger partial charge in [-0.25, -0.2) is 0 Å². The fourth-order valence-electron chi connectivity index (χ4n) is 3.34. The maximum Gasteiger partial charge on any atom is 0.406 e. The third-order valence-corrected chi connectivity index (χ3v) is 10.4. The van der Waals surface area contributed by atoms with Crippen LogP contribution in [0, 0.1) is 13.8 Å². The van der Waals surface area contributed by atoms with Crippen LogP contribution in [0.4, 0.5) is 0 Å². The van der Waals surface area contributed by atoms with Crippen molar-refractivity contribution in [1.29, 1.82) is 0 Å². The number of hydrogen-bond acceptors (Lipinski definition) is 4. The molecule has 0 bridgehead atoms. The van der Waals surface area contributed by atoms with E-state index in [1.54, 1.807) is 28.4 Å². The third-order valence-electron chi connectivity index (χ3n) is 5.21. The number of rotatable bonds is 8. The highest BCUT2D eigenvalue weighted by Gasteiger charge is 2.40. The van der Waals surface area contributed by atoms with Gasteiger partial charge in [-0.1, -0.05) is 90.0 Å². The molecule has 3 aromatic rings. The van der Waals surface area contributed by atoms with Gasteiger partial charge < -0.3 is 17.7 Å². The van der Waals surface area contributed by atoms with Crippen molar-refractivity contribution in [2.75, 3.05) is 28.4 Å². The van der Waals surface area contributed by atoms with Gasteiger partial charge >= 0.3 is 17.8 Å². The zero-order chi connectivity index (χ0) is 22.7. The Kier molecular flexibility index (Phi) is 10.3. The van der Waals surface area contributed by atoms with Crippen LogP contribution < -0.4 is 10.4 Å². The monoisotopic (exact) mass is 454 g/mol. The van der Waals surface area contributed by atoms with Gasteiger partial charge in [0.1, 0.15) is 0 Å². The normalized spacial score (nSPS) is 11.2. The van der Waals surface area contributed by atoms with Crippen molar-refractivity contribution in [3.8, 4) is 0 Å². The van der Waals surface area contributed by atoms with E-state index in [4.69, 9.17) is 17.7 Å². The van der Waals surface area contributed by atoms with Crippen LogP contribution in [0.3, 0.4) is 0 Å². The van der Waals surface area contributed by atoms with E-state index in [1.807, 2.05) is 18.2 Å². The van der Waals surface area contributed by atoms with Crippen molar-refractivity contribution in [2.24, 2.45) is 0 Å². The first-order chi connectivity index (χ1) is 15.0. The summed E-state index contributed by atoms with van der Waals surface area (Å²) in [5.74, 6) is 0. The molecule has 0 radical (unpaired) electrons. The van der Waals surface area contributed by atoms with Crippen molar-refractivity contribution in [3.05, 3.63) is 95.6 Å². The standard InChI is InChI=1S/C16H20O2Si.C9H14O2Si/c1-13-5-9-15(10-6-13)19(17-3,18-4)16-11-7-14(2)8-12-16;1-10-12(11-2)8-9-6-4-3-5-7-9/h5-12H,1-4H3;3-7,12H,8H2,1-2H3. The molecular weight excluding hydrogens is 420 g/mol. The second-order valence-corrected chi connectivity index (χ2v) is 12.8.